The van der Waals surface area contributed by atoms with Gasteiger partial charge in [-0.3, -0.25) is 10.1 Å². The normalized spacial score (nSPS) is 36.9. The smallest absolute Gasteiger partial charge is 0.547 e. The van der Waals surface area contributed by atoms with Gasteiger partial charge >= 0.3 is 29.6 Å². The van der Waals surface area contributed by atoms with Gasteiger partial charge in [-0.2, -0.15) is 0 Å². The Kier molecular flexibility index (Phi) is 10.8. The fourth-order valence-corrected chi connectivity index (χ4v) is 3.01. The van der Waals surface area contributed by atoms with E-state index >= 15 is 0 Å². The van der Waals surface area contributed by atoms with Gasteiger partial charge in [0.25, 0.3) is 0 Å². The minimum atomic E-state index is -1.72. The van der Waals surface area contributed by atoms with E-state index in [1.165, 1.54) is 13.2 Å². The number of aldehydes is 2. The van der Waals surface area contributed by atoms with Crippen LogP contribution in [0.1, 0.15) is 0 Å². The summed E-state index contributed by atoms with van der Waals surface area (Å²) in [7, 11) is 2.44. The van der Waals surface area contributed by atoms with Crippen molar-refractivity contribution < 1.29 is 82.9 Å². The number of aliphatic hydroxyl groups excluding tert-OH is 2. The van der Waals surface area contributed by atoms with Gasteiger partial charge in [0.2, 0.25) is 6.29 Å². The van der Waals surface area contributed by atoms with Crippen LogP contribution in [0.4, 0.5) is 0 Å². The van der Waals surface area contributed by atoms with Gasteiger partial charge < -0.3 is 48.6 Å². The number of carboxylic acids is 1. The predicted octanol–water partition coefficient (Wildman–Crippen LogP) is -7.17. The summed E-state index contributed by atoms with van der Waals surface area (Å²) in [5.74, 6) is -1.81. The standard InChI is InChI=1S/C16H23NO11.Na/c1-24-12-10(20)11(21)16(28-13(12)14(22)23)27-8-5-7(6-19)26-15(25-2)9(8)17-3-4-18;/h4-6,8-13,15-17,20-21H,3H2,1-2H3,(H,22,23);/q;+1/p-1. The van der Waals surface area contributed by atoms with E-state index in [0.29, 0.717) is 12.6 Å². The third-order valence-electron chi connectivity index (χ3n) is 4.35. The molecule has 0 aromatic carbocycles. The minimum Gasteiger partial charge on any atom is -0.547 e. The van der Waals surface area contributed by atoms with Crippen LogP contribution >= 0.6 is 0 Å². The summed E-state index contributed by atoms with van der Waals surface area (Å²) in [6, 6.07) is -0.826. The molecule has 2 rings (SSSR count). The largest absolute Gasteiger partial charge is 1.00 e. The molecule has 8 unspecified atom stereocenters. The average molecular weight is 427 g/mol. The third-order valence-corrected chi connectivity index (χ3v) is 4.35. The van der Waals surface area contributed by atoms with E-state index in [1.54, 1.807) is 0 Å². The van der Waals surface area contributed by atoms with Crippen LogP contribution in [0.15, 0.2) is 11.8 Å². The summed E-state index contributed by atoms with van der Waals surface area (Å²) < 4.78 is 26.1. The first-order valence-electron chi connectivity index (χ1n) is 8.32. The molecule has 0 saturated carbocycles. The Morgan fingerprint density at radius 2 is 1.93 bits per heavy atom. The summed E-state index contributed by atoms with van der Waals surface area (Å²) in [6.45, 7) is -0.109. The zero-order valence-corrected chi connectivity index (χ0v) is 18.1. The molecule has 2 heterocycles. The van der Waals surface area contributed by atoms with Crippen LogP contribution in [0, 0.1) is 0 Å². The van der Waals surface area contributed by atoms with Gasteiger partial charge in [0.05, 0.1) is 12.5 Å². The van der Waals surface area contributed by atoms with Crippen LogP contribution in [-0.4, -0.2) is 98.7 Å². The molecular formula is C16H22NNaO11. The second kappa shape index (κ2) is 12.1. The second-order valence-corrected chi connectivity index (χ2v) is 6.04. The molecule has 0 aliphatic carbocycles. The van der Waals surface area contributed by atoms with Crippen molar-refractivity contribution in [3.05, 3.63) is 11.8 Å². The number of carbonyl (C=O) groups excluding carboxylic acids is 3. The number of hydrogen-bond donors (Lipinski definition) is 3. The molecule has 2 aliphatic heterocycles. The number of allylic oxidation sites excluding steroid dienone is 1. The van der Waals surface area contributed by atoms with Crippen molar-refractivity contribution in [3.8, 4) is 0 Å². The van der Waals surface area contributed by atoms with Crippen LogP contribution in [0.5, 0.6) is 0 Å². The van der Waals surface area contributed by atoms with Crippen LogP contribution in [0.25, 0.3) is 0 Å². The Labute approximate surface area is 188 Å². The first-order chi connectivity index (χ1) is 13.4. The number of hydrogen-bond acceptors (Lipinski definition) is 12. The molecule has 158 valence electrons. The van der Waals surface area contributed by atoms with Gasteiger partial charge in [-0.1, -0.05) is 0 Å². The maximum absolute atomic E-state index is 11.3. The van der Waals surface area contributed by atoms with Gasteiger partial charge in [0.15, 0.2) is 18.3 Å². The molecule has 0 bridgehead atoms. The summed E-state index contributed by atoms with van der Waals surface area (Å²) in [5, 5.41) is 34.5. The van der Waals surface area contributed by atoms with E-state index in [0.717, 1.165) is 7.11 Å². The maximum atomic E-state index is 11.3. The Bertz CT molecular complexity index is 603. The number of aliphatic carboxylic acids is 1. The number of ether oxygens (including phenoxy) is 5. The van der Waals surface area contributed by atoms with Gasteiger partial charge in [-0.05, 0) is 6.08 Å². The number of rotatable bonds is 9. The molecular weight excluding hydrogens is 405 g/mol. The molecule has 8 atom stereocenters. The van der Waals surface area contributed by atoms with E-state index in [9.17, 15) is 29.7 Å². The van der Waals surface area contributed by atoms with Crippen molar-refractivity contribution in [1.29, 1.82) is 0 Å². The summed E-state index contributed by atoms with van der Waals surface area (Å²) in [4.78, 5) is 33.1. The summed E-state index contributed by atoms with van der Waals surface area (Å²) in [6.07, 6.45) is -7.92. The quantitative estimate of drug-likeness (QED) is 0.235. The van der Waals surface area contributed by atoms with Crippen LogP contribution in [0.3, 0.4) is 0 Å². The topological polar surface area (TPSA) is 173 Å². The number of carbonyl (C=O) groups is 3. The minimum absolute atomic E-state index is 0. The molecule has 0 radical (unpaired) electrons. The molecule has 12 nitrogen and oxygen atoms in total. The van der Waals surface area contributed by atoms with E-state index < -0.39 is 55.1 Å². The van der Waals surface area contributed by atoms with Crippen molar-refractivity contribution in [3.63, 3.8) is 0 Å². The number of methoxy groups -OCH3 is 2. The van der Waals surface area contributed by atoms with Crippen molar-refractivity contribution in [1.82, 2.24) is 5.32 Å². The number of carboxylic acid groups (broad SMARTS) is 1. The average Bonchev–Trinajstić information content (AvgIpc) is 2.69. The van der Waals surface area contributed by atoms with E-state index in [4.69, 9.17) is 23.7 Å². The zero-order chi connectivity index (χ0) is 20.8. The first kappa shape index (κ1) is 26.1. The molecule has 13 heteroatoms. The zero-order valence-electron chi connectivity index (χ0n) is 16.1. The molecule has 0 amide bonds. The van der Waals surface area contributed by atoms with E-state index in [1.807, 2.05) is 0 Å². The fourth-order valence-electron chi connectivity index (χ4n) is 3.01. The molecule has 29 heavy (non-hydrogen) atoms. The van der Waals surface area contributed by atoms with Crippen LogP contribution in [-0.2, 0) is 38.1 Å². The number of nitrogens with one attached hydrogen (secondary N) is 1. The summed E-state index contributed by atoms with van der Waals surface area (Å²) in [5.41, 5.74) is 0. The fraction of sp³-hybridized carbons (Fsp3) is 0.688. The van der Waals surface area contributed by atoms with Gasteiger partial charge in [-0.25, -0.2) is 0 Å². The van der Waals surface area contributed by atoms with Crippen LogP contribution < -0.4 is 40.0 Å². The van der Waals surface area contributed by atoms with E-state index in [2.05, 4.69) is 5.32 Å². The molecule has 0 aromatic heterocycles. The molecule has 1 saturated heterocycles. The Balaban J connectivity index is 0.00000420. The Morgan fingerprint density at radius 1 is 1.24 bits per heavy atom. The number of aliphatic hydroxyl groups is 2. The molecule has 0 spiro atoms. The first-order valence-corrected chi connectivity index (χ1v) is 8.32. The maximum Gasteiger partial charge on any atom is 1.00 e. The SMILES string of the molecule is COC1OC(C=O)=CC(OC2OC(C(=O)[O-])C(OC)C(O)C2O)C1NCC=O.[Na+]. The Hall–Kier alpha value is -0.930. The summed E-state index contributed by atoms with van der Waals surface area (Å²) >= 11 is 0. The third kappa shape index (κ3) is 6.04. The van der Waals surface area contributed by atoms with Gasteiger partial charge in [0.1, 0.15) is 42.8 Å². The molecule has 2 aliphatic rings. The molecule has 0 aromatic rings. The van der Waals surface area contributed by atoms with Crippen molar-refractivity contribution in [2.24, 2.45) is 0 Å². The second-order valence-electron chi connectivity index (χ2n) is 6.04. The van der Waals surface area contributed by atoms with Crippen molar-refractivity contribution >= 4 is 18.5 Å². The van der Waals surface area contributed by atoms with Crippen molar-refractivity contribution in [2.75, 3.05) is 20.8 Å². The van der Waals surface area contributed by atoms with E-state index in [-0.39, 0.29) is 41.9 Å². The van der Waals surface area contributed by atoms with Gasteiger partial charge in [0, 0.05) is 14.2 Å². The Morgan fingerprint density at radius 3 is 2.45 bits per heavy atom. The van der Waals surface area contributed by atoms with Gasteiger partial charge in [-0.15, -0.1) is 0 Å². The van der Waals surface area contributed by atoms with Crippen molar-refractivity contribution in [2.45, 2.75) is 49.1 Å². The monoisotopic (exact) mass is 427 g/mol. The van der Waals surface area contributed by atoms with Crippen LogP contribution in [0.2, 0.25) is 0 Å². The molecule has 1 fully saturated rings. The molecule has 3 N–H and O–H groups in total. The predicted molar refractivity (Wildman–Crippen MR) is 85.2 cm³/mol.